The topological polar surface area (TPSA) is 67.8 Å². The molecule has 0 unspecified atom stereocenters. The van der Waals surface area contributed by atoms with Crippen LogP contribution in [-0.4, -0.2) is 50.6 Å². The Bertz CT molecular complexity index is 141. The normalized spacial score (nSPS) is 10.1. The van der Waals surface area contributed by atoms with Crippen LogP contribution in [0.3, 0.4) is 0 Å². The van der Waals surface area contributed by atoms with Gasteiger partial charge in [-0.1, -0.05) is 0 Å². The number of nitrogens with one attached hydrogen (secondary N) is 1. The highest BCUT2D eigenvalue weighted by molar-refractivity contribution is 5.75. The van der Waals surface area contributed by atoms with E-state index < -0.39 is 0 Å². The Morgan fingerprint density at radius 1 is 1.29 bits per heavy atom. The van der Waals surface area contributed by atoms with Crippen molar-refractivity contribution in [3.8, 4) is 0 Å². The van der Waals surface area contributed by atoms with Crippen molar-refractivity contribution >= 4 is 5.91 Å². The first-order chi connectivity index (χ1) is 6.81. The summed E-state index contributed by atoms with van der Waals surface area (Å²) in [6.07, 6.45) is 0.383. The third-order valence-electron chi connectivity index (χ3n) is 1.48. The Balaban J connectivity index is 3.10. The highest BCUT2D eigenvalue weighted by atomic mass is 16.5. The van der Waals surface area contributed by atoms with Gasteiger partial charge in [0.1, 0.15) is 0 Å². The van der Waals surface area contributed by atoms with Crippen molar-refractivity contribution in [3.05, 3.63) is 0 Å². The van der Waals surface area contributed by atoms with Gasteiger partial charge in [0.05, 0.1) is 26.4 Å². The number of carbonyl (C=O) groups excluding carboxylic acids is 1. The maximum atomic E-state index is 11.1. The van der Waals surface area contributed by atoms with Crippen LogP contribution in [-0.2, 0) is 14.3 Å². The van der Waals surface area contributed by atoms with E-state index in [2.05, 4.69) is 5.32 Å². The second-order valence-electron chi connectivity index (χ2n) is 2.63. The smallest absolute Gasteiger partial charge is 0.222 e. The van der Waals surface area contributed by atoms with E-state index in [1.165, 1.54) is 0 Å². The summed E-state index contributed by atoms with van der Waals surface area (Å²) in [5.41, 5.74) is 0. The lowest BCUT2D eigenvalue weighted by atomic mass is 10.4. The number of amides is 1. The second kappa shape index (κ2) is 10.4. The van der Waals surface area contributed by atoms with Gasteiger partial charge >= 0.3 is 0 Å². The van der Waals surface area contributed by atoms with Gasteiger partial charge in [-0.3, -0.25) is 4.79 Å². The number of aliphatic hydroxyl groups excluding tert-OH is 1. The van der Waals surface area contributed by atoms with Gasteiger partial charge in [0.15, 0.2) is 0 Å². The first-order valence-electron chi connectivity index (χ1n) is 4.84. The van der Waals surface area contributed by atoms with Gasteiger partial charge in [-0.25, -0.2) is 0 Å². The summed E-state index contributed by atoms with van der Waals surface area (Å²) in [5, 5.41) is 11.1. The van der Waals surface area contributed by atoms with Gasteiger partial charge in [-0.2, -0.15) is 0 Å². The summed E-state index contributed by atoms with van der Waals surface area (Å²) in [6, 6.07) is 0. The predicted octanol–water partition coefficient (Wildman–Crippen LogP) is -0.462. The maximum absolute atomic E-state index is 11.1. The van der Waals surface area contributed by atoms with Crippen LogP contribution in [0.15, 0.2) is 0 Å². The zero-order valence-corrected chi connectivity index (χ0v) is 8.62. The summed E-state index contributed by atoms with van der Waals surface area (Å²) < 4.78 is 9.99. The summed E-state index contributed by atoms with van der Waals surface area (Å²) >= 11 is 0. The fourth-order valence-electron chi connectivity index (χ4n) is 0.827. The van der Waals surface area contributed by atoms with Gasteiger partial charge in [-0.05, 0) is 6.92 Å². The van der Waals surface area contributed by atoms with E-state index in [-0.39, 0.29) is 12.5 Å². The van der Waals surface area contributed by atoms with E-state index in [9.17, 15) is 4.79 Å². The highest BCUT2D eigenvalue weighted by Gasteiger charge is 1.99. The number of aliphatic hydroxyl groups is 1. The molecule has 14 heavy (non-hydrogen) atoms. The average Bonchev–Trinajstić information content (AvgIpc) is 2.18. The molecule has 1 amide bonds. The van der Waals surface area contributed by atoms with Crippen LogP contribution in [0.5, 0.6) is 0 Å². The zero-order valence-electron chi connectivity index (χ0n) is 8.62. The SMILES string of the molecule is CCOCCC(=O)NCCOCCO. The Morgan fingerprint density at radius 3 is 2.71 bits per heavy atom. The third-order valence-corrected chi connectivity index (χ3v) is 1.48. The lowest BCUT2D eigenvalue weighted by Crippen LogP contribution is -2.28. The van der Waals surface area contributed by atoms with Crippen LogP contribution in [0.1, 0.15) is 13.3 Å². The molecule has 0 aromatic carbocycles. The zero-order chi connectivity index (χ0) is 10.6. The molecule has 5 heteroatoms. The van der Waals surface area contributed by atoms with Crippen molar-refractivity contribution in [2.45, 2.75) is 13.3 Å². The van der Waals surface area contributed by atoms with Gasteiger partial charge in [-0.15, -0.1) is 0 Å². The van der Waals surface area contributed by atoms with E-state index in [0.717, 1.165) is 0 Å². The van der Waals surface area contributed by atoms with Crippen LogP contribution >= 0.6 is 0 Å². The summed E-state index contributed by atoms with van der Waals surface area (Å²) in [4.78, 5) is 11.1. The first kappa shape index (κ1) is 13.4. The summed E-state index contributed by atoms with van der Waals surface area (Å²) in [7, 11) is 0. The molecule has 0 bridgehead atoms. The minimum absolute atomic E-state index is 0.0122. The number of ether oxygens (including phenoxy) is 2. The minimum atomic E-state index is -0.0361. The molecule has 0 aliphatic rings. The van der Waals surface area contributed by atoms with Crippen LogP contribution < -0.4 is 5.32 Å². The van der Waals surface area contributed by atoms with Gasteiger partial charge in [0.25, 0.3) is 0 Å². The summed E-state index contributed by atoms with van der Waals surface area (Å²) in [6.45, 7) is 4.21. The third kappa shape index (κ3) is 9.44. The molecule has 0 aromatic rings. The van der Waals surface area contributed by atoms with E-state index in [0.29, 0.717) is 39.4 Å². The first-order valence-corrected chi connectivity index (χ1v) is 4.84. The predicted molar refractivity (Wildman–Crippen MR) is 52.0 cm³/mol. The molecule has 0 radical (unpaired) electrons. The Morgan fingerprint density at radius 2 is 2.07 bits per heavy atom. The van der Waals surface area contributed by atoms with E-state index >= 15 is 0 Å². The molecule has 0 rings (SSSR count). The van der Waals surface area contributed by atoms with Crippen molar-refractivity contribution in [1.82, 2.24) is 5.32 Å². The van der Waals surface area contributed by atoms with Crippen LogP contribution in [0.2, 0.25) is 0 Å². The molecular formula is C9H19NO4. The van der Waals surface area contributed by atoms with Crippen LogP contribution in [0.4, 0.5) is 0 Å². The lowest BCUT2D eigenvalue weighted by molar-refractivity contribution is -0.122. The van der Waals surface area contributed by atoms with Crippen molar-refractivity contribution in [1.29, 1.82) is 0 Å². The molecule has 0 saturated heterocycles. The van der Waals surface area contributed by atoms with Crippen LogP contribution in [0, 0.1) is 0 Å². The van der Waals surface area contributed by atoms with Crippen molar-refractivity contribution in [3.63, 3.8) is 0 Å². The highest BCUT2D eigenvalue weighted by Crippen LogP contribution is 1.82. The quantitative estimate of drug-likeness (QED) is 0.500. The number of hydrogen-bond donors (Lipinski definition) is 2. The van der Waals surface area contributed by atoms with Crippen molar-refractivity contribution < 1.29 is 19.4 Å². The maximum Gasteiger partial charge on any atom is 0.222 e. The molecule has 0 saturated carbocycles. The molecule has 0 aliphatic carbocycles. The largest absolute Gasteiger partial charge is 0.394 e. The molecule has 84 valence electrons. The van der Waals surface area contributed by atoms with E-state index in [1.807, 2.05) is 6.92 Å². The van der Waals surface area contributed by atoms with E-state index in [1.54, 1.807) is 0 Å². The van der Waals surface area contributed by atoms with Crippen molar-refractivity contribution in [2.75, 3.05) is 39.6 Å². The Kier molecular flexibility index (Phi) is 9.95. The molecule has 0 fully saturated rings. The molecule has 0 spiro atoms. The number of hydrogen-bond acceptors (Lipinski definition) is 4. The molecule has 0 heterocycles. The van der Waals surface area contributed by atoms with Gasteiger partial charge in [0, 0.05) is 19.6 Å². The lowest BCUT2D eigenvalue weighted by Gasteiger charge is -2.05. The van der Waals surface area contributed by atoms with Gasteiger partial charge in [0.2, 0.25) is 5.91 Å². The number of carbonyl (C=O) groups is 1. The molecule has 0 atom stereocenters. The number of rotatable bonds is 9. The van der Waals surface area contributed by atoms with E-state index in [4.69, 9.17) is 14.6 Å². The monoisotopic (exact) mass is 205 g/mol. The Labute approximate surface area is 84.4 Å². The molecule has 0 aliphatic heterocycles. The molecule has 0 aromatic heterocycles. The fourth-order valence-corrected chi connectivity index (χ4v) is 0.827. The van der Waals surface area contributed by atoms with Crippen LogP contribution in [0.25, 0.3) is 0 Å². The molecule has 5 nitrogen and oxygen atoms in total. The summed E-state index contributed by atoms with van der Waals surface area (Å²) in [5.74, 6) is -0.0361. The minimum Gasteiger partial charge on any atom is -0.394 e. The molecular weight excluding hydrogens is 186 g/mol. The molecule has 2 N–H and O–H groups in total. The fraction of sp³-hybridized carbons (Fsp3) is 0.889. The van der Waals surface area contributed by atoms with Gasteiger partial charge < -0.3 is 19.9 Å². The Hall–Kier alpha value is -0.650. The average molecular weight is 205 g/mol. The second-order valence-corrected chi connectivity index (χ2v) is 2.63. The van der Waals surface area contributed by atoms with Crippen molar-refractivity contribution in [2.24, 2.45) is 0 Å². The standard InChI is InChI=1S/C9H19NO4/c1-2-13-6-3-9(12)10-4-7-14-8-5-11/h11H,2-8H2,1H3,(H,10,12).